The molecular weight excluding hydrogens is 324 g/mol. The first-order valence-corrected chi connectivity index (χ1v) is 9.31. The number of nitrogens with zero attached hydrogens (tertiary/aromatic N) is 6. The fourth-order valence-electron chi connectivity index (χ4n) is 3.69. The first kappa shape index (κ1) is 16.8. The number of pyridine rings is 1. The van der Waals surface area contributed by atoms with Crippen LogP contribution in [-0.4, -0.2) is 42.5 Å². The molecule has 0 aromatic carbocycles. The molecule has 1 aliphatic heterocycles. The lowest BCUT2D eigenvalue weighted by atomic mass is 9.93. The third-order valence-electron chi connectivity index (χ3n) is 5.05. The number of rotatable bonds is 5. The molecule has 1 aliphatic rings. The minimum absolute atomic E-state index is 0.436. The fraction of sp³-hybridized carbons (Fsp3) is 0.400. The molecule has 0 radical (unpaired) electrons. The number of aromatic nitrogens is 5. The normalized spacial score (nSPS) is 16.0. The second-order valence-electron chi connectivity index (χ2n) is 6.70. The maximum absolute atomic E-state index is 4.70. The number of imidazole rings is 1. The summed E-state index contributed by atoms with van der Waals surface area (Å²) >= 11 is 0. The Morgan fingerprint density at radius 1 is 0.962 bits per heavy atom. The Hall–Kier alpha value is -2.60. The van der Waals surface area contributed by atoms with Crippen molar-refractivity contribution in [3.63, 3.8) is 0 Å². The van der Waals surface area contributed by atoms with Crippen molar-refractivity contribution in [3.05, 3.63) is 66.4 Å². The van der Waals surface area contributed by atoms with E-state index in [0.717, 1.165) is 61.9 Å². The van der Waals surface area contributed by atoms with Gasteiger partial charge in [0, 0.05) is 49.9 Å². The van der Waals surface area contributed by atoms with Crippen LogP contribution in [-0.2, 0) is 13.0 Å². The molecule has 0 unspecified atom stereocenters. The third kappa shape index (κ3) is 3.51. The minimum atomic E-state index is 0.436. The van der Waals surface area contributed by atoms with E-state index in [4.69, 9.17) is 4.98 Å². The SMILES string of the molecule is CCc1nccn1-c1nccnc1C1CCN(Cc2ccccn2)CC1. The molecule has 3 aromatic heterocycles. The van der Waals surface area contributed by atoms with E-state index < -0.39 is 0 Å². The van der Waals surface area contributed by atoms with Crippen LogP contribution in [0.3, 0.4) is 0 Å². The van der Waals surface area contributed by atoms with Gasteiger partial charge >= 0.3 is 0 Å². The molecule has 3 aromatic rings. The van der Waals surface area contributed by atoms with Crippen LogP contribution < -0.4 is 0 Å². The highest BCUT2D eigenvalue weighted by Gasteiger charge is 2.25. The maximum Gasteiger partial charge on any atom is 0.160 e. The van der Waals surface area contributed by atoms with Gasteiger partial charge in [-0.3, -0.25) is 19.4 Å². The van der Waals surface area contributed by atoms with Crippen LogP contribution in [0.25, 0.3) is 5.82 Å². The van der Waals surface area contributed by atoms with Gasteiger partial charge in [-0.2, -0.15) is 0 Å². The van der Waals surface area contributed by atoms with Gasteiger partial charge in [-0.05, 0) is 38.1 Å². The third-order valence-corrected chi connectivity index (χ3v) is 5.05. The molecule has 134 valence electrons. The van der Waals surface area contributed by atoms with Crippen molar-refractivity contribution in [3.8, 4) is 5.82 Å². The van der Waals surface area contributed by atoms with Gasteiger partial charge in [0.1, 0.15) is 5.82 Å². The van der Waals surface area contributed by atoms with Crippen molar-refractivity contribution in [1.82, 2.24) is 29.4 Å². The molecule has 0 saturated carbocycles. The smallest absolute Gasteiger partial charge is 0.160 e. The lowest BCUT2D eigenvalue weighted by Gasteiger charge is -2.32. The Morgan fingerprint density at radius 3 is 2.58 bits per heavy atom. The van der Waals surface area contributed by atoms with Crippen LogP contribution in [0.1, 0.15) is 42.9 Å². The Bertz CT molecular complexity index is 836. The van der Waals surface area contributed by atoms with E-state index in [1.807, 2.05) is 30.9 Å². The zero-order chi connectivity index (χ0) is 17.8. The molecule has 0 aliphatic carbocycles. The number of piperidine rings is 1. The fourth-order valence-corrected chi connectivity index (χ4v) is 3.69. The van der Waals surface area contributed by atoms with Crippen LogP contribution in [0.4, 0.5) is 0 Å². The molecule has 26 heavy (non-hydrogen) atoms. The molecule has 0 bridgehead atoms. The zero-order valence-electron chi connectivity index (χ0n) is 15.1. The van der Waals surface area contributed by atoms with Crippen LogP contribution in [0.15, 0.2) is 49.2 Å². The van der Waals surface area contributed by atoms with Crippen LogP contribution >= 0.6 is 0 Å². The molecule has 4 heterocycles. The van der Waals surface area contributed by atoms with Gasteiger partial charge in [0.25, 0.3) is 0 Å². The van der Waals surface area contributed by atoms with Crippen LogP contribution in [0.5, 0.6) is 0 Å². The number of aryl methyl sites for hydroxylation is 1. The van der Waals surface area contributed by atoms with Gasteiger partial charge in [0.2, 0.25) is 0 Å². The highest BCUT2D eigenvalue weighted by Crippen LogP contribution is 2.30. The summed E-state index contributed by atoms with van der Waals surface area (Å²) in [7, 11) is 0. The lowest BCUT2D eigenvalue weighted by molar-refractivity contribution is 0.201. The average Bonchev–Trinajstić information content (AvgIpc) is 3.18. The zero-order valence-corrected chi connectivity index (χ0v) is 15.1. The van der Waals surface area contributed by atoms with E-state index >= 15 is 0 Å². The standard InChI is InChI=1S/C20H24N6/c1-2-18-22-11-14-26(18)20-19(23-9-10-24-20)16-6-12-25(13-7-16)15-17-5-3-4-8-21-17/h3-5,8-11,14,16H,2,6-7,12-13,15H2,1H3. The van der Waals surface area contributed by atoms with E-state index in [2.05, 4.69) is 43.5 Å². The summed E-state index contributed by atoms with van der Waals surface area (Å²) in [6.45, 7) is 5.15. The second kappa shape index (κ2) is 7.74. The Morgan fingerprint density at radius 2 is 1.81 bits per heavy atom. The van der Waals surface area contributed by atoms with Crippen LogP contribution in [0, 0.1) is 0 Å². The molecule has 0 spiro atoms. The van der Waals surface area contributed by atoms with Gasteiger partial charge in [-0.1, -0.05) is 13.0 Å². The number of hydrogen-bond acceptors (Lipinski definition) is 5. The van der Waals surface area contributed by atoms with Gasteiger partial charge in [0.15, 0.2) is 5.82 Å². The molecule has 0 atom stereocenters. The Balaban J connectivity index is 1.48. The summed E-state index contributed by atoms with van der Waals surface area (Å²) in [5.74, 6) is 2.40. The minimum Gasteiger partial charge on any atom is -0.297 e. The van der Waals surface area contributed by atoms with Crippen molar-refractivity contribution in [1.29, 1.82) is 0 Å². The predicted molar refractivity (Wildman–Crippen MR) is 100 cm³/mol. The predicted octanol–water partition coefficient (Wildman–Crippen LogP) is 3.00. The maximum atomic E-state index is 4.70. The number of likely N-dealkylation sites (tertiary alicyclic amines) is 1. The molecule has 6 nitrogen and oxygen atoms in total. The highest BCUT2D eigenvalue weighted by atomic mass is 15.2. The molecule has 4 rings (SSSR count). The van der Waals surface area contributed by atoms with E-state index in [9.17, 15) is 0 Å². The average molecular weight is 348 g/mol. The first-order chi connectivity index (χ1) is 12.8. The topological polar surface area (TPSA) is 59.7 Å². The molecular formula is C20H24N6. The number of hydrogen-bond donors (Lipinski definition) is 0. The summed E-state index contributed by atoms with van der Waals surface area (Å²) in [5.41, 5.74) is 2.23. The Labute approximate surface area is 154 Å². The second-order valence-corrected chi connectivity index (χ2v) is 6.70. The quantitative estimate of drug-likeness (QED) is 0.709. The van der Waals surface area contributed by atoms with Gasteiger partial charge in [-0.25, -0.2) is 9.97 Å². The molecule has 1 fully saturated rings. The Kier molecular flexibility index (Phi) is 5.02. The monoisotopic (exact) mass is 348 g/mol. The van der Waals surface area contributed by atoms with E-state index in [1.165, 1.54) is 0 Å². The van der Waals surface area contributed by atoms with Crippen molar-refractivity contribution in [2.45, 2.75) is 38.6 Å². The van der Waals surface area contributed by atoms with Gasteiger partial charge < -0.3 is 0 Å². The summed E-state index contributed by atoms with van der Waals surface area (Å²) in [4.78, 5) is 20.7. The summed E-state index contributed by atoms with van der Waals surface area (Å²) in [6.07, 6.45) is 12.3. The van der Waals surface area contributed by atoms with Crippen molar-refractivity contribution in [2.24, 2.45) is 0 Å². The van der Waals surface area contributed by atoms with Crippen LogP contribution in [0.2, 0.25) is 0 Å². The lowest BCUT2D eigenvalue weighted by Crippen LogP contribution is -2.33. The van der Waals surface area contributed by atoms with Crippen molar-refractivity contribution >= 4 is 0 Å². The van der Waals surface area contributed by atoms with Gasteiger partial charge in [-0.15, -0.1) is 0 Å². The first-order valence-electron chi connectivity index (χ1n) is 9.31. The summed E-state index contributed by atoms with van der Waals surface area (Å²) in [6, 6.07) is 6.11. The van der Waals surface area contributed by atoms with Gasteiger partial charge in [0.05, 0.1) is 11.4 Å². The molecule has 0 N–H and O–H groups in total. The summed E-state index contributed by atoms with van der Waals surface area (Å²) in [5, 5.41) is 0. The van der Waals surface area contributed by atoms with E-state index in [-0.39, 0.29) is 0 Å². The largest absolute Gasteiger partial charge is 0.297 e. The molecule has 0 amide bonds. The van der Waals surface area contributed by atoms with E-state index in [1.54, 1.807) is 6.20 Å². The van der Waals surface area contributed by atoms with E-state index in [0.29, 0.717) is 5.92 Å². The van der Waals surface area contributed by atoms with Crippen molar-refractivity contribution < 1.29 is 0 Å². The molecule has 6 heteroatoms. The van der Waals surface area contributed by atoms with Crippen molar-refractivity contribution in [2.75, 3.05) is 13.1 Å². The molecule has 1 saturated heterocycles. The summed E-state index contributed by atoms with van der Waals surface area (Å²) < 4.78 is 2.09. The highest BCUT2D eigenvalue weighted by molar-refractivity contribution is 5.33.